The number of hydrogen-bond donors (Lipinski definition) is 0. The second kappa shape index (κ2) is 6.44. The van der Waals surface area contributed by atoms with Gasteiger partial charge in [-0.05, 0) is 46.2 Å². The quantitative estimate of drug-likeness (QED) is 0.240. The summed E-state index contributed by atoms with van der Waals surface area (Å²) in [7, 11) is 0. The molecular weight excluding hydrogens is 438 g/mol. The van der Waals surface area contributed by atoms with Crippen LogP contribution in [0.4, 0.5) is 0 Å². The zero-order valence-electron chi connectivity index (χ0n) is 19.3. The van der Waals surface area contributed by atoms with Crippen molar-refractivity contribution >= 4 is 54.5 Å². The first-order valence-corrected chi connectivity index (χ1v) is 12.4. The summed E-state index contributed by atoms with van der Waals surface area (Å²) in [6, 6.07) is 41.3. The molecule has 2 nitrogen and oxygen atoms in total. The van der Waals surface area contributed by atoms with Crippen LogP contribution in [0.15, 0.2) is 120 Å². The van der Waals surface area contributed by atoms with Crippen molar-refractivity contribution in [3.8, 4) is 27.9 Å². The van der Waals surface area contributed by atoms with Gasteiger partial charge in [0, 0.05) is 33.0 Å². The minimum absolute atomic E-state index is 0.932. The molecule has 9 rings (SSSR count). The summed E-state index contributed by atoms with van der Waals surface area (Å²) in [4.78, 5) is 0. The maximum Gasteiger partial charge on any atom is 0.146 e. The lowest BCUT2D eigenvalue weighted by Gasteiger charge is -2.13. The predicted octanol–water partition coefficient (Wildman–Crippen LogP) is 9.48. The van der Waals surface area contributed by atoms with E-state index in [0.717, 1.165) is 16.9 Å². The predicted molar refractivity (Wildman–Crippen MR) is 150 cm³/mol. The number of hydrogen-bond acceptors (Lipinski definition) is 1. The normalized spacial score (nSPS) is 12.4. The smallest absolute Gasteiger partial charge is 0.146 e. The van der Waals surface area contributed by atoms with Crippen molar-refractivity contribution in [2.75, 3.05) is 0 Å². The fraction of sp³-hybridized carbons (Fsp3) is 0. The number of furan rings is 1. The topological polar surface area (TPSA) is 18.1 Å². The van der Waals surface area contributed by atoms with Crippen LogP contribution < -0.4 is 0 Å². The molecule has 0 fully saturated rings. The maximum absolute atomic E-state index is 6.73. The molecule has 0 N–H and O–H groups in total. The zero-order valence-corrected chi connectivity index (χ0v) is 19.3. The number of fused-ring (bicyclic) bond motifs is 12. The Bertz CT molecular complexity index is 2190. The van der Waals surface area contributed by atoms with E-state index in [1.807, 2.05) is 0 Å². The third-order valence-corrected chi connectivity index (χ3v) is 7.89. The van der Waals surface area contributed by atoms with Crippen LogP contribution in [0.1, 0.15) is 0 Å². The Hall–Kier alpha value is -4.82. The molecule has 8 aromatic rings. The van der Waals surface area contributed by atoms with Crippen molar-refractivity contribution in [1.29, 1.82) is 0 Å². The van der Waals surface area contributed by atoms with Crippen LogP contribution in [-0.2, 0) is 0 Å². The van der Waals surface area contributed by atoms with E-state index >= 15 is 0 Å². The van der Waals surface area contributed by atoms with E-state index in [2.05, 4.69) is 120 Å². The van der Waals surface area contributed by atoms with Gasteiger partial charge >= 0.3 is 0 Å². The first-order valence-electron chi connectivity index (χ1n) is 12.4. The first kappa shape index (κ1) is 18.5. The molecule has 0 atom stereocenters. The molecule has 0 aliphatic heterocycles. The number of para-hydroxylation sites is 3. The van der Waals surface area contributed by atoms with Gasteiger partial charge in [-0.25, -0.2) is 0 Å². The highest BCUT2D eigenvalue weighted by molar-refractivity contribution is 6.36. The summed E-state index contributed by atoms with van der Waals surface area (Å²) >= 11 is 0. The highest BCUT2D eigenvalue weighted by Gasteiger charge is 2.32. The summed E-state index contributed by atoms with van der Waals surface area (Å²) in [6.07, 6.45) is 0. The van der Waals surface area contributed by atoms with Gasteiger partial charge < -0.3 is 8.98 Å². The molecule has 0 amide bonds. The molecule has 0 saturated heterocycles. The third-order valence-electron chi connectivity index (χ3n) is 7.89. The number of nitrogens with zero attached hydrogens (tertiary/aromatic N) is 1. The average molecular weight is 458 g/mol. The fourth-order valence-corrected chi connectivity index (χ4v) is 6.55. The zero-order chi connectivity index (χ0) is 23.4. The van der Waals surface area contributed by atoms with E-state index in [0.29, 0.717) is 0 Å². The summed E-state index contributed by atoms with van der Waals surface area (Å²) in [5.74, 6) is 0. The summed E-state index contributed by atoms with van der Waals surface area (Å²) in [5, 5.41) is 7.40. The van der Waals surface area contributed by atoms with Crippen molar-refractivity contribution < 1.29 is 4.42 Å². The van der Waals surface area contributed by atoms with Crippen LogP contribution >= 0.6 is 0 Å². The van der Waals surface area contributed by atoms with Gasteiger partial charge in [-0.1, -0.05) is 91.0 Å². The molecule has 6 aromatic carbocycles. The largest absolute Gasteiger partial charge is 0.455 e. The van der Waals surface area contributed by atoms with E-state index in [9.17, 15) is 0 Å². The van der Waals surface area contributed by atoms with Crippen molar-refractivity contribution in [2.24, 2.45) is 0 Å². The van der Waals surface area contributed by atoms with Crippen LogP contribution in [0.2, 0.25) is 0 Å². The van der Waals surface area contributed by atoms with Crippen molar-refractivity contribution in [3.63, 3.8) is 0 Å². The van der Waals surface area contributed by atoms with Gasteiger partial charge in [0.15, 0.2) is 0 Å². The lowest BCUT2D eigenvalue weighted by atomic mass is 9.94. The summed E-state index contributed by atoms with van der Waals surface area (Å²) in [5.41, 5.74) is 10.7. The van der Waals surface area contributed by atoms with Crippen molar-refractivity contribution in [3.05, 3.63) is 115 Å². The van der Waals surface area contributed by atoms with E-state index in [-0.39, 0.29) is 0 Å². The third kappa shape index (κ3) is 2.09. The Morgan fingerprint density at radius 2 is 1.19 bits per heavy atom. The van der Waals surface area contributed by atoms with Crippen LogP contribution in [0.5, 0.6) is 0 Å². The highest BCUT2D eigenvalue weighted by atomic mass is 16.3. The second-order valence-corrected chi connectivity index (χ2v) is 9.67. The minimum atomic E-state index is 0.932. The van der Waals surface area contributed by atoms with E-state index in [4.69, 9.17) is 4.42 Å². The number of benzene rings is 6. The lowest BCUT2D eigenvalue weighted by molar-refractivity contribution is 0.673. The molecule has 0 bridgehead atoms. The Labute approximate surface area is 206 Å². The SMILES string of the molecule is c1ccc(-n2c3ccccc3c3c4oc5ccccc5c4c4c(c32)-c2cccc3cccc-4c23)cc1. The molecule has 1 aliphatic rings. The van der Waals surface area contributed by atoms with Crippen LogP contribution in [-0.4, -0.2) is 4.57 Å². The molecule has 2 aromatic heterocycles. The summed E-state index contributed by atoms with van der Waals surface area (Å²) < 4.78 is 9.16. The standard InChI is InChI=1S/C34H19NO/c1-2-12-21(13-3-1)35-26-18-6-4-14-22(26)32-33(35)30-25-17-9-11-20-10-8-16-24(28(20)25)29(30)31-23-15-5-7-19-27(23)36-34(31)32/h1-19H. The van der Waals surface area contributed by atoms with Gasteiger partial charge in [0.1, 0.15) is 11.2 Å². The number of rotatable bonds is 1. The Morgan fingerprint density at radius 1 is 0.500 bits per heavy atom. The van der Waals surface area contributed by atoms with E-state index in [1.165, 1.54) is 65.6 Å². The monoisotopic (exact) mass is 457 g/mol. The average Bonchev–Trinajstić information content (AvgIpc) is 3.58. The van der Waals surface area contributed by atoms with Gasteiger partial charge in [0.05, 0.1) is 16.4 Å². The van der Waals surface area contributed by atoms with E-state index in [1.54, 1.807) is 0 Å². The Kier molecular flexibility index (Phi) is 3.31. The Balaban J connectivity index is 1.67. The van der Waals surface area contributed by atoms with Gasteiger partial charge in [-0.15, -0.1) is 0 Å². The van der Waals surface area contributed by atoms with Crippen LogP contribution in [0.3, 0.4) is 0 Å². The molecule has 36 heavy (non-hydrogen) atoms. The Morgan fingerprint density at radius 3 is 2.03 bits per heavy atom. The van der Waals surface area contributed by atoms with Crippen LogP contribution in [0.25, 0.3) is 82.5 Å². The molecule has 1 aliphatic carbocycles. The molecular formula is C34H19NO. The van der Waals surface area contributed by atoms with Gasteiger partial charge in [-0.2, -0.15) is 0 Å². The molecule has 166 valence electrons. The van der Waals surface area contributed by atoms with Gasteiger partial charge in [0.25, 0.3) is 0 Å². The summed E-state index contributed by atoms with van der Waals surface area (Å²) in [6.45, 7) is 0. The molecule has 2 heteroatoms. The van der Waals surface area contributed by atoms with Crippen molar-refractivity contribution in [2.45, 2.75) is 0 Å². The highest BCUT2D eigenvalue weighted by Crippen LogP contribution is 2.57. The second-order valence-electron chi connectivity index (χ2n) is 9.67. The maximum atomic E-state index is 6.73. The molecule has 2 heterocycles. The first-order chi connectivity index (χ1) is 17.9. The van der Waals surface area contributed by atoms with Crippen LogP contribution in [0, 0.1) is 0 Å². The van der Waals surface area contributed by atoms with Gasteiger partial charge in [0.2, 0.25) is 0 Å². The minimum Gasteiger partial charge on any atom is -0.455 e. The molecule has 0 saturated carbocycles. The van der Waals surface area contributed by atoms with E-state index < -0.39 is 0 Å². The molecule has 0 unspecified atom stereocenters. The number of aromatic nitrogens is 1. The lowest BCUT2D eigenvalue weighted by Crippen LogP contribution is -1.95. The molecule has 0 radical (unpaired) electrons. The fourth-order valence-electron chi connectivity index (χ4n) is 6.55. The molecule has 0 spiro atoms. The van der Waals surface area contributed by atoms with Gasteiger partial charge in [-0.3, -0.25) is 0 Å². The van der Waals surface area contributed by atoms with Crippen molar-refractivity contribution in [1.82, 2.24) is 4.57 Å².